The van der Waals surface area contributed by atoms with Crippen LogP contribution in [-0.2, 0) is 11.3 Å². The van der Waals surface area contributed by atoms with E-state index in [-0.39, 0.29) is 12.5 Å². The van der Waals surface area contributed by atoms with Crippen molar-refractivity contribution in [1.82, 2.24) is 4.90 Å². The number of nitrogens with zero attached hydrogens (tertiary/aromatic N) is 4. The van der Waals surface area contributed by atoms with Crippen LogP contribution in [0.25, 0.3) is 10.4 Å². The fraction of sp³-hybridized carbons (Fsp3) is 0.444. The number of likely N-dealkylation sites (N-methyl/N-ethyl adjacent to an activating group) is 1. The lowest BCUT2D eigenvalue weighted by molar-refractivity contribution is -0.130. The lowest BCUT2D eigenvalue weighted by Crippen LogP contribution is -2.31. The van der Waals surface area contributed by atoms with Crippen LogP contribution < -0.4 is 0 Å². The van der Waals surface area contributed by atoms with E-state index in [9.17, 15) is 4.79 Å². The highest BCUT2D eigenvalue weighted by atomic mass is 79.9. The first-order chi connectivity index (χ1) is 7.67. The van der Waals surface area contributed by atoms with Crippen molar-refractivity contribution >= 4 is 33.2 Å². The van der Waals surface area contributed by atoms with Crippen LogP contribution in [0, 0.1) is 0 Å². The number of thiophene rings is 1. The fourth-order valence-electron chi connectivity index (χ4n) is 1.19. The van der Waals surface area contributed by atoms with Gasteiger partial charge < -0.3 is 4.90 Å². The van der Waals surface area contributed by atoms with Crippen LogP contribution >= 0.6 is 27.3 Å². The summed E-state index contributed by atoms with van der Waals surface area (Å²) in [6, 6.07) is 3.92. The highest BCUT2D eigenvalue weighted by molar-refractivity contribution is 9.11. The molecule has 1 heterocycles. The van der Waals surface area contributed by atoms with Crippen LogP contribution in [0.15, 0.2) is 21.0 Å². The lowest BCUT2D eigenvalue weighted by Gasteiger charge is -2.18. The number of halogens is 1. The average Bonchev–Trinajstić information content (AvgIpc) is 2.68. The summed E-state index contributed by atoms with van der Waals surface area (Å²) < 4.78 is 1.04. The molecule has 0 atom stereocenters. The third-order valence-corrected chi connectivity index (χ3v) is 3.59. The van der Waals surface area contributed by atoms with E-state index in [1.165, 1.54) is 0 Å². The van der Waals surface area contributed by atoms with Gasteiger partial charge in [0.1, 0.15) is 6.54 Å². The number of hydrogen-bond acceptors (Lipinski definition) is 3. The van der Waals surface area contributed by atoms with Gasteiger partial charge in [-0.05, 0) is 40.5 Å². The molecule has 86 valence electrons. The van der Waals surface area contributed by atoms with Gasteiger partial charge in [0.2, 0.25) is 5.91 Å². The maximum Gasteiger partial charge on any atom is 0.228 e. The van der Waals surface area contributed by atoms with E-state index in [1.54, 1.807) is 16.2 Å². The zero-order valence-corrected chi connectivity index (χ0v) is 11.2. The van der Waals surface area contributed by atoms with Crippen molar-refractivity contribution in [3.63, 3.8) is 0 Å². The molecule has 1 aromatic rings. The molecule has 0 fully saturated rings. The molecule has 0 aromatic carbocycles. The van der Waals surface area contributed by atoms with Gasteiger partial charge in [-0.2, -0.15) is 0 Å². The van der Waals surface area contributed by atoms with E-state index >= 15 is 0 Å². The molecule has 16 heavy (non-hydrogen) atoms. The van der Waals surface area contributed by atoms with Crippen LogP contribution in [0.5, 0.6) is 0 Å². The standard InChI is InChI=1S/C9H11BrN4OS/c1-2-14(9(15)5-12-13-11)6-7-3-4-8(10)16-7/h3-4H,2,5-6H2,1H3. The molecule has 0 unspecified atom stereocenters. The quantitative estimate of drug-likeness (QED) is 0.468. The molecule has 0 N–H and O–H groups in total. The van der Waals surface area contributed by atoms with Gasteiger partial charge in [-0.25, -0.2) is 0 Å². The molecular formula is C9H11BrN4OS. The summed E-state index contributed by atoms with van der Waals surface area (Å²) in [5.41, 5.74) is 8.15. The second-order valence-electron chi connectivity index (χ2n) is 3.00. The monoisotopic (exact) mass is 302 g/mol. The number of carbonyl (C=O) groups excluding carboxylic acids is 1. The Morgan fingerprint density at radius 1 is 1.69 bits per heavy atom. The molecular weight excluding hydrogens is 292 g/mol. The number of rotatable bonds is 5. The summed E-state index contributed by atoms with van der Waals surface area (Å²) in [7, 11) is 0. The van der Waals surface area contributed by atoms with E-state index < -0.39 is 0 Å². The van der Waals surface area contributed by atoms with Gasteiger partial charge in [0, 0.05) is 16.3 Å². The zero-order chi connectivity index (χ0) is 12.0. The smallest absolute Gasteiger partial charge is 0.228 e. The van der Waals surface area contributed by atoms with Gasteiger partial charge in [-0.15, -0.1) is 11.3 Å². The molecule has 7 heteroatoms. The maximum atomic E-state index is 11.6. The number of azide groups is 1. The highest BCUT2D eigenvalue weighted by Gasteiger charge is 2.11. The molecule has 0 aliphatic rings. The van der Waals surface area contributed by atoms with E-state index in [2.05, 4.69) is 26.0 Å². The molecule has 1 rings (SSSR count). The minimum atomic E-state index is -0.148. The number of carbonyl (C=O) groups is 1. The summed E-state index contributed by atoms with van der Waals surface area (Å²) in [6.45, 7) is 2.95. The summed E-state index contributed by atoms with van der Waals surface area (Å²) >= 11 is 4.96. The second-order valence-corrected chi connectivity index (χ2v) is 5.55. The van der Waals surface area contributed by atoms with Gasteiger partial charge in [-0.1, -0.05) is 5.11 Å². The molecule has 0 saturated heterocycles. The average molecular weight is 303 g/mol. The summed E-state index contributed by atoms with van der Waals surface area (Å²) in [6.07, 6.45) is 0. The summed E-state index contributed by atoms with van der Waals surface area (Å²) in [5.74, 6) is -0.148. The Hall–Kier alpha value is -1.04. The first-order valence-corrected chi connectivity index (χ1v) is 6.31. The van der Waals surface area contributed by atoms with Crippen molar-refractivity contribution < 1.29 is 4.79 Å². The predicted molar refractivity (Wildman–Crippen MR) is 67.1 cm³/mol. The van der Waals surface area contributed by atoms with E-state index in [0.717, 1.165) is 8.66 Å². The van der Waals surface area contributed by atoms with Crippen molar-refractivity contribution in [2.75, 3.05) is 13.1 Å². The van der Waals surface area contributed by atoms with Crippen molar-refractivity contribution in [1.29, 1.82) is 0 Å². The van der Waals surface area contributed by atoms with Crippen LogP contribution in [-0.4, -0.2) is 23.9 Å². The summed E-state index contributed by atoms with van der Waals surface area (Å²) in [4.78, 5) is 16.9. The maximum absolute atomic E-state index is 11.6. The molecule has 1 aromatic heterocycles. The van der Waals surface area contributed by atoms with Crippen LogP contribution in [0.3, 0.4) is 0 Å². The Morgan fingerprint density at radius 3 is 2.94 bits per heavy atom. The predicted octanol–water partition coefficient (Wildman–Crippen LogP) is 3.17. The Kier molecular flexibility index (Phi) is 5.31. The number of amides is 1. The van der Waals surface area contributed by atoms with Crippen molar-refractivity contribution in [2.24, 2.45) is 5.11 Å². The van der Waals surface area contributed by atoms with Crippen LogP contribution in [0.1, 0.15) is 11.8 Å². The van der Waals surface area contributed by atoms with Gasteiger partial charge in [-0.3, -0.25) is 4.79 Å². The molecule has 1 amide bonds. The Morgan fingerprint density at radius 2 is 2.44 bits per heavy atom. The Labute approximate surface area is 106 Å². The number of hydrogen-bond donors (Lipinski definition) is 0. The van der Waals surface area contributed by atoms with Gasteiger partial charge in [0.15, 0.2) is 0 Å². The van der Waals surface area contributed by atoms with Gasteiger partial charge in [0.05, 0.1) is 10.3 Å². The topological polar surface area (TPSA) is 69.1 Å². The largest absolute Gasteiger partial charge is 0.338 e. The van der Waals surface area contributed by atoms with E-state index in [1.807, 2.05) is 19.1 Å². The molecule has 0 saturated carbocycles. The molecule has 0 bridgehead atoms. The van der Waals surface area contributed by atoms with Crippen LogP contribution in [0.4, 0.5) is 0 Å². The minimum Gasteiger partial charge on any atom is -0.338 e. The van der Waals surface area contributed by atoms with Gasteiger partial charge >= 0.3 is 0 Å². The highest BCUT2D eigenvalue weighted by Crippen LogP contribution is 2.23. The fourth-order valence-corrected chi connectivity index (χ4v) is 2.69. The summed E-state index contributed by atoms with van der Waals surface area (Å²) in [5, 5.41) is 3.27. The van der Waals surface area contributed by atoms with Crippen molar-refractivity contribution in [3.05, 3.63) is 31.2 Å². The molecule has 0 aliphatic carbocycles. The molecule has 0 radical (unpaired) electrons. The third kappa shape index (κ3) is 3.84. The SMILES string of the molecule is CCN(Cc1ccc(Br)s1)C(=O)CN=[N+]=[N-]. The van der Waals surface area contributed by atoms with Gasteiger partial charge in [0.25, 0.3) is 0 Å². The van der Waals surface area contributed by atoms with Crippen molar-refractivity contribution in [2.45, 2.75) is 13.5 Å². The minimum absolute atomic E-state index is 0.114. The van der Waals surface area contributed by atoms with Crippen LogP contribution in [0.2, 0.25) is 0 Å². The third-order valence-electron chi connectivity index (χ3n) is 1.98. The Bertz CT molecular complexity index is 413. The Balaban J connectivity index is 2.61. The lowest BCUT2D eigenvalue weighted by atomic mass is 10.4. The molecule has 0 aliphatic heterocycles. The van der Waals surface area contributed by atoms with Crippen molar-refractivity contribution in [3.8, 4) is 0 Å². The second kappa shape index (κ2) is 6.52. The first-order valence-electron chi connectivity index (χ1n) is 4.70. The van der Waals surface area contributed by atoms with E-state index in [4.69, 9.17) is 5.53 Å². The normalized spacial score (nSPS) is 9.62. The van der Waals surface area contributed by atoms with E-state index in [0.29, 0.717) is 13.1 Å². The first kappa shape index (κ1) is 13.0. The molecule has 0 spiro atoms. The zero-order valence-electron chi connectivity index (χ0n) is 8.76. The molecule has 5 nitrogen and oxygen atoms in total.